The molecule has 2 fully saturated rings. The molecule has 0 N–H and O–H groups in total. The molecule has 19 heavy (non-hydrogen) atoms. The predicted molar refractivity (Wildman–Crippen MR) is 74.4 cm³/mol. The van der Waals surface area contributed by atoms with Crippen molar-refractivity contribution in [3.63, 3.8) is 0 Å². The SMILES string of the molecule is O=S(=O)(c1ccccc1)N1CCN(CC2CC2)CC1. The van der Waals surface area contributed by atoms with Gasteiger partial charge in [-0.2, -0.15) is 4.31 Å². The van der Waals surface area contributed by atoms with E-state index in [9.17, 15) is 8.42 Å². The van der Waals surface area contributed by atoms with Crippen LogP contribution in [0.4, 0.5) is 0 Å². The van der Waals surface area contributed by atoms with E-state index in [-0.39, 0.29) is 0 Å². The van der Waals surface area contributed by atoms with Crippen molar-refractivity contribution in [3.8, 4) is 0 Å². The van der Waals surface area contributed by atoms with E-state index in [1.165, 1.54) is 12.8 Å². The van der Waals surface area contributed by atoms with Crippen molar-refractivity contribution < 1.29 is 8.42 Å². The molecule has 1 aliphatic carbocycles. The summed E-state index contributed by atoms with van der Waals surface area (Å²) in [6.45, 7) is 4.11. The first-order chi connectivity index (χ1) is 9.16. The van der Waals surface area contributed by atoms with Crippen molar-refractivity contribution in [1.82, 2.24) is 9.21 Å². The standard InChI is InChI=1S/C14H20N2O2S/c17-19(18,14-4-2-1-3-5-14)16-10-8-15(9-11-16)12-13-6-7-13/h1-5,13H,6-12H2. The van der Waals surface area contributed by atoms with E-state index in [1.54, 1.807) is 28.6 Å². The monoisotopic (exact) mass is 280 g/mol. The van der Waals surface area contributed by atoms with E-state index in [1.807, 2.05) is 6.07 Å². The van der Waals surface area contributed by atoms with Crippen molar-refractivity contribution >= 4 is 10.0 Å². The second-order valence-electron chi connectivity index (χ2n) is 5.46. The summed E-state index contributed by atoms with van der Waals surface area (Å²) in [4.78, 5) is 2.81. The number of rotatable bonds is 4. The van der Waals surface area contributed by atoms with E-state index in [2.05, 4.69) is 4.90 Å². The van der Waals surface area contributed by atoms with E-state index < -0.39 is 10.0 Å². The molecular formula is C14H20N2O2S. The topological polar surface area (TPSA) is 40.6 Å². The number of nitrogens with zero attached hydrogens (tertiary/aromatic N) is 2. The summed E-state index contributed by atoms with van der Waals surface area (Å²) in [5.74, 6) is 0.872. The van der Waals surface area contributed by atoms with Crippen molar-refractivity contribution in [2.75, 3.05) is 32.7 Å². The minimum atomic E-state index is -3.29. The molecule has 1 heterocycles. The average molecular weight is 280 g/mol. The smallest absolute Gasteiger partial charge is 0.243 e. The van der Waals surface area contributed by atoms with E-state index in [4.69, 9.17) is 0 Å². The van der Waals surface area contributed by atoms with Crippen molar-refractivity contribution in [2.24, 2.45) is 5.92 Å². The van der Waals surface area contributed by atoms with Crippen molar-refractivity contribution in [3.05, 3.63) is 30.3 Å². The summed E-state index contributed by atoms with van der Waals surface area (Å²) in [6.07, 6.45) is 2.70. The van der Waals surface area contributed by atoms with Crippen LogP contribution >= 0.6 is 0 Å². The van der Waals surface area contributed by atoms with Crippen LogP contribution in [0.5, 0.6) is 0 Å². The quantitative estimate of drug-likeness (QED) is 0.837. The van der Waals surface area contributed by atoms with Crippen LogP contribution in [0.3, 0.4) is 0 Å². The van der Waals surface area contributed by atoms with Gasteiger partial charge in [-0.3, -0.25) is 0 Å². The van der Waals surface area contributed by atoms with Crippen LogP contribution in [0.25, 0.3) is 0 Å². The lowest BCUT2D eigenvalue weighted by molar-refractivity contribution is 0.182. The zero-order valence-electron chi connectivity index (χ0n) is 11.0. The summed E-state index contributed by atoms with van der Waals surface area (Å²) in [6, 6.07) is 8.73. The van der Waals surface area contributed by atoms with Crippen LogP contribution in [0.1, 0.15) is 12.8 Å². The number of hydrogen-bond donors (Lipinski definition) is 0. The Morgan fingerprint density at radius 3 is 2.21 bits per heavy atom. The molecule has 4 nitrogen and oxygen atoms in total. The predicted octanol–water partition coefficient (Wildman–Crippen LogP) is 1.40. The third kappa shape index (κ3) is 2.99. The minimum Gasteiger partial charge on any atom is -0.300 e. The fourth-order valence-corrected chi connectivity index (χ4v) is 4.00. The lowest BCUT2D eigenvalue weighted by Gasteiger charge is -2.34. The van der Waals surface area contributed by atoms with Crippen LogP contribution in [0.15, 0.2) is 35.2 Å². The summed E-state index contributed by atoms with van der Waals surface area (Å²) < 4.78 is 26.5. The Morgan fingerprint density at radius 2 is 1.63 bits per heavy atom. The molecule has 0 bridgehead atoms. The number of benzene rings is 1. The van der Waals surface area contributed by atoms with E-state index in [0.717, 1.165) is 25.6 Å². The fourth-order valence-electron chi connectivity index (χ4n) is 2.56. The van der Waals surface area contributed by atoms with Crippen LogP contribution in [-0.4, -0.2) is 50.3 Å². The normalized spacial score (nSPS) is 22.5. The van der Waals surface area contributed by atoms with Crippen LogP contribution < -0.4 is 0 Å². The molecule has 1 aromatic rings. The van der Waals surface area contributed by atoms with Crippen molar-refractivity contribution in [2.45, 2.75) is 17.7 Å². The van der Waals surface area contributed by atoms with Crippen LogP contribution in [0, 0.1) is 5.92 Å². The lowest BCUT2D eigenvalue weighted by atomic mass is 10.3. The molecule has 0 aromatic heterocycles. The number of piperazine rings is 1. The third-order valence-corrected chi connectivity index (χ3v) is 5.84. The zero-order valence-corrected chi connectivity index (χ0v) is 11.8. The molecule has 0 spiro atoms. The first-order valence-corrected chi connectivity index (χ1v) is 8.38. The molecule has 1 aromatic carbocycles. The maximum absolute atomic E-state index is 12.4. The summed E-state index contributed by atoms with van der Waals surface area (Å²) in [5.41, 5.74) is 0. The third-order valence-electron chi connectivity index (χ3n) is 3.93. The molecule has 0 amide bonds. The molecule has 2 aliphatic rings. The molecule has 3 rings (SSSR count). The summed E-state index contributed by atoms with van der Waals surface area (Å²) in [5, 5.41) is 0. The van der Waals surface area contributed by atoms with Crippen LogP contribution in [-0.2, 0) is 10.0 Å². The lowest BCUT2D eigenvalue weighted by Crippen LogP contribution is -2.49. The van der Waals surface area contributed by atoms with Gasteiger partial charge in [0.25, 0.3) is 0 Å². The van der Waals surface area contributed by atoms with Gasteiger partial charge in [0.2, 0.25) is 10.0 Å². The molecular weight excluding hydrogens is 260 g/mol. The highest BCUT2D eigenvalue weighted by Gasteiger charge is 2.30. The van der Waals surface area contributed by atoms with E-state index in [0.29, 0.717) is 18.0 Å². The highest BCUT2D eigenvalue weighted by molar-refractivity contribution is 7.89. The van der Waals surface area contributed by atoms with Gasteiger partial charge in [-0.1, -0.05) is 18.2 Å². The maximum Gasteiger partial charge on any atom is 0.243 e. The Bertz CT molecular complexity index is 518. The zero-order chi connectivity index (χ0) is 13.3. The number of sulfonamides is 1. The average Bonchev–Trinajstić information content (AvgIpc) is 3.24. The maximum atomic E-state index is 12.4. The largest absolute Gasteiger partial charge is 0.300 e. The second-order valence-corrected chi connectivity index (χ2v) is 7.40. The first kappa shape index (κ1) is 13.1. The molecule has 1 aliphatic heterocycles. The molecule has 0 unspecified atom stereocenters. The van der Waals surface area contributed by atoms with Gasteiger partial charge in [0.1, 0.15) is 0 Å². The Hall–Kier alpha value is -0.910. The summed E-state index contributed by atoms with van der Waals surface area (Å²) in [7, 11) is -3.29. The fraction of sp³-hybridized carbons (Fsp3) is 0.571. The highest BCUT2D eigenvalue weighted by Crippen LogP contribution is 2.30. The number of hydrogen-bond acceptors (Lipinski definition) is 3. The van der Waals surface area contributed by atoms with Gasteiger partial charge in [-0.15, -0.1) is 0 Å². The molecule has 0 atom stereocenters. The Labute approximate surface area is 115 Å². The molecule has 104 valence electrons. The van der Waals surface area contributed by atoms with Gasteiger partial charge in [0, 0.05) is 32.7 Å². The van der Waals surface area contributed by atoms with E-state index >= 15 is 0 Å². The first-order valence-electron chi connectivity index (χ1n) is 6.94. The molecule has 1 saturated heterocycles. The van der Waals surface area contributed by atoms with Gasteiger partial charge in [0.15, 0.2) is 0 Å². The Kier molecular flexibility index (Phi) is 3.60. The van der Waals surface area contributed by atoms with Gasteiger partial charge in [-0.05, 0) is 30.9 Å². The minimum absolute atomic E-state index is 0.408. The highest BCUT2D eigenvalue weighted by atomic mass is 32.2. The van der Waals surface area contributed by atoms with Crippen molar-refractivity contribution in [1.29, 1.82) is 0 Å². The second kappa shape index (κ2) is 5.23. The molecule has 0 radical (unpaired) electrons. The Morgan fingerprint density at radius 1 is 1.00 bits per heavy atom. The van der Waals surface area contributed by atoms with Gasteiger partial charge in [-0.25, -0.2) is 8.42 Å². The van der Waals surface area contributed by atoms with Gasteiger partial charge < -0.3 is 4.90 Å². The van der Waals surface area contributed by atoms with Crippen LogP contribution in [0.2, 0.25) is 0 Å². The summed E-state index contributed by atoms with van der Waals surface area (Å²) >= 11 is 0. The molecule has 5 heteroatoms. The van der Waals surface area contributed by atoms with Gasteiger partial charge in [0.05, 0.1) is 4.90 Å². The van der Waals surface area contributed by atoms with Gasteiger partial charge >= 0.3 is 0 Å². The Balaban J connectivity index is 1.64. The molecule has 1 saturated carbocycles.